The van der Waals surface area contributed by atoms with Gasteiger partial charge in [0.25, 0.3) is 0 Å². The number of rotatable bonds is 6. The van der Waals surface area contributed by atoms with Crippen LogP contribution < -0.4 is 15.4 Å². The maximum absolute atomic E-state index is 5.50. The number of nitrogens with one attached hydrogen (secondary N) is 2. The summed E-state index contributed by atoms with van der Waals surface area (Å²) in [5, 5.41) is 6.28. The molecule has 134 valence electrons. The van der Waals surface area contributed by atoms with Gasteiger partial charge in [-0.15, -0.1) is 0 Å². The first-order valence-corrected chi connectivity index (χ1v) is 8.42. The zero-order valence-corrected chi connectivity index (χ0v) is 15.4. The Morgan fingerprint density at radius 3 is 2.65 bits per heavy atom. The van der Waals surface area contributed by atoms with Crippen molar-refractivity contribution in [2.75, 3.05) is 24.8 Å². The van der Waals surface area contributed by atoms with Crippen LogP contribution in [0.4, 0.5) is 17.5 Å². The lowest BCUT2D eigenvalue weighted by Crippen LogP contribution is -2.02. The maximum atomic E-state index is 5.50. The summed E-state index contributed by atoms with van der Waals surface area (Å²) in [4.78, 5) is 17.5. The van der Waals surface area contributed by atoms with Crippen LogP contribution in [0.3, 0.4) is 0 Å². The lowest BCUT2D eigenvalue weighted by Gasteiger charge is -2.12. The minimum absolute atomic E-state index is 0.530. The smallest absolute Gasteiger partial charge is 0.229 e. The van der Waals surface area contributed by atoms with E-state index >= 15 is 0 Å². The molecule has 0 amide bonds. The molecular formula is C19H22N6O. The Morgan fingerprint density at radius 1 is 1.08 bits per heavy atom. The number of anilines is 3. The maximum Gasteiger partial charge on any atom is 0.229 e. The zero-order valence-electron chi connectivity index (χ0n) is 15.4. The van der Waals surface area contributed by atoms with Crippen molar-refractivity contribution in [3.8, 4) is 17.0 Å². The quantitative estimate of drug-likeness (QED) is 0.702. The van der Waals surface area contributed by atoms with Gasteiger partial charge in [0, 0.05) is 35.8 Å². The Hall–Kier alpha value is -3.22. The molecule has 7 nitrogen and oxygen atoms in total. The second-order valence-electron chi connectivity index (χ2n) is 5.76. The predicted molar refractivity (Wildman–Crippen MR) is 103 cm³/mol. The Labute approximate surface area is 152 Å². The predicted octanol–water partition coefficient (Wildman–Crippen LogP) is 3.60. The molecule has 0 saturated carbocycles. The molecular weight excluding hydrogens is 328 g/mol. The third-order valence-electron chi connectivity index (χ3n) is 3.93. The van der Waals surface area contributed by atoms with E-state index in [0.29, 0.717) is 5.95 Å². The van der Waals surface area contributed by atoms with Crippen molar-refractivity contribution in [1.29, 1.82) is 0 Å². The molecule has 26 heavy (non-hydrogen) atoms. The fourth-order valence-corrected chi connectivity index (χ4v) is 2.61. The van der Waals surface area contributed by atoms with Crippen LogP contribution in [0.25, 0.3) is 11.3 Å². The van der Waals surface area contributed by atoms with E-state index in [1.807, 2.05) is 44.3 Å². The van der Waals surface area contributed by atoms with E-state index < -0.39 is 0 Å². The first kappa shape index (κ1) is 17.6. The van der Waals surface area contributed by atoms with Crippen LogP contribution >= 0.6 is 0 Å². The van der Waals surface area contributed by atoms with Gasteiger partial charge in [0.05, 0.1) is 12.8 Å². The summed E-state index contributed by atoms with van der Waals surface area (Å²) in [6.45, 7) is 4.00. The largest absolute Gasteiger partial charge is 0.496 e. The molecule has 0 saturated heterocycles. The van der Waals surface area contributed by atoms with Gasteiger partial charge in [0.1, 0.15) is 17.9 Å². The highest BCUT2D eigenvalue weighted by atomic mass is 16.5. The Balaban J connectivity index is 1.98. The number of benzene rings is 1. The van der Waals surface area contributed by atoms with Crippen molar-refractivity contribution in [3.05, 3.63) is 48.0 Å². The van der Waals surface area contributed by atoms with Gasteiger partial charge in [0.15, 0.2) is 0 Å². The molecule has 0 aliphatic carbocycles. The summed E-state index contributed by atoms with van der Waals surface area (Å²) in [7, 11) is 3.48. The van der Waals surface area contributed by atoms with Gasteiger partial charge in [-0.25, -0.2) is 15.0 Å². The van der Waals surface area contributed by atoms with E-state index in [4.69, 9.17) is 4.74 Å². The third-order valence-corrected chi connectivity index (χ3v) is 3.93. The fraction of sp³-hybridized carbons (Fsp3) is 0.263. The summed E-state index contributed by atoms with van der Waals surface area (Å²) >= 11 is 0. The van der Waals surface area contributed by atoms with E-state index in [1.165, 1.54) is 0 Å². The highest BCUT2D eigenvalue weighted by molar-refractivity contribution is 5.73. The Bertz CT molecular complexity index is 912. The molecule has 0 unspecified atom stereocenters. The topological polar surface area (TPSA) is 84.9 Å². The van der Waals surface area contributed by atoms with Crippen LogP contribution in [0, 0.1) is 6.92 Å². The minimum atomic E-state index is 0.530. The molecule has 2 heterocycles. The lowest BCUT2D eigenvalue weighted by molar-refractivity contribution is 0.416. The van der Waals surface area contributed by atoms with Crippen LogP contribution in [0.15, 0.2) is 36.7 Å². The summed E-state index contributed by atoms with van der Waals surface area (Å²) in [6.07, 6.45) is 2.43. The molecule has 2 aromatic heterocycles. The van der Waals surface area contributed by atoms with Crippen LogP contribution in [-0.2, 0) is 6.42 Å². The molecule has 0 aliphatic rings. The molecule has 2 N–H and O–H groups in total. The van der Waals surface area contributed by atoms with Crippen LogP contribution in [0.5, 0.6) is 5.75 Å². The van der Waals surface area contributed by atoms with Crippen molar-refractivity contribution in [2.24, 2.45) is 0 Å². The van der Waals surface area contributed by atoms with Gasteiger partial charge in [0.2, 0.25) is 5.95 Å². The monoisotopic (exact) mass is 350 g/mol. The Morgan fingerprint density at radius 2 is 1.92 bits per heavy atom. The highest BCUT2D eigenvalue weighted by Gasteiger charge is 2.11. The van der Waals surface area contributed by atoms with Gasteiger partial charge in [-0.2, -0.15) is 4.98 Å². The number of ether oxygens (including phenoxy) is 1. The van der Waals surface area contributed by atoms with Crippen molar-refractivity contribution in [2.45, 2.75) is 20.3 Å². The van der Waals surface area contributed by atoms with Crippen molar-refractivity contribution in [3.63, 3.8) is 0 Å². The second-order valence-corrected chi connectivity index (χ2v) is 5.76. The number of hydrogen-bond donors (Lipinski definition) is 2. The van der Waals surface area contributed by atoms with Crippen LogP contribution in [0.2, 0.25) is 0 Å². The minimum Gasteiger partial charge on any atom is -0.496 e. The summed E-state index contributed by atoms with van der Waals surface area (Å²) < 4.78 is 5.50. The number of aryl methyl sites for hydroxylation is 2. The highest BCUT2D eigenvalue weighted by Crippen LogP contribution is 2.32. The van der Waals surface area contributed by atoms with Crippen molar-refractivity contribution in [1.82, 2.24) is 19.9 Å². The number of nitrogens with zero attached hydrogens (tertiary/aromatic N) is 4. The van der Waals surface area contributed by atoms with E-state index in [1.54, 1.807) is 13.4 Å². The number of aromatic nitrogens is 4. The number of methoxy groups -OCH3 is 1. The molecule has 0 aliphatic heterocycles. The zero-order chi connectivity index (χ0) is 18.5. The third kappa shape index (κ3) is 3.88. The first-order chi connectivity index (χ1) is 12.6. The molecule has 1 aromatic carbocycles. The SMILES string of the molecule is CCc1cc(-c2cc(Nc3nc(C)cc(NC)n3)ccc2OC)ncn1. The van der Waals surface area contributed by atoms with Gasteiger partial charge in [-0.05, 0) is 37.6 Å². The number of hydrogen-bond acceptors (Lipinski definition) is 7. The summed E-state index contributed by atoms with van der Waals surface area (Å²) in [5.74, 6) is 2.04. The van der Waals surface area contributed by atoms with Crippen LogP contribution in [0.1, 0.15) is 18.3 Å². The fourth-order valence-electron chi connectivity index (χ4n) is 2.61. The molecule has 0 spiro atoms. The van der Waals surface area contributed by atoms with Gasteiger partial charge >= 0.3 is 0 Å². The normalized spacial score (nSPS) is 10.5. The van der Waals surface area contributed by atoms with Gasteiger partial charge in [-0.3, -0.25) is 0 Å². The van der Waals surface area contributed by atoms with Gasteiger partial charge < -0.3 is 15.4 Å². The molecule has 3 rings (SSSR count). The molecule has 0 radical (unpaired) electrons. The van der Waals surface area contributed by atoms with Crippen LogP contribution in [-0.4, -0.2) is 34.1 Å². The standard InChI is InChI=1S/C19H22N6O/c1-5-13-10-16(22-11-21-13)15-9-14(6-7-17(15)26-4)24-19-23-12(2)8-18(20-3)25-19/h6-11H,5H2,1-4H3,(H2,20,23,24,25). The molecule has 7 heteroatoms. The van der Waals surface area contributed by atoms with E-state index in [2.05, 4.69) is 37.5 Å². The molecule has 0 fully saturated rings. The molecule has 0 bridgehead atoms. The lowest BCUT2D eigenvalue weighted by atomic mass is 10.1. The van der Waals surface area contributed by atoms with E-state index in [9.17, 15) is 0 Å². The summed E-state index contributed by atoms with van der Waals surface area (Å²) in [6, 6.07) is 9.67. The second kappa shape index (κ2) is 7.77. The van der Waals surface area contributed by atoms with Crippen molar-refractivity contribution < 1.29 is 4.74 Å². The van der Waals surface area contributed by atoms with Crippen molar-refractivity contribution >= 4 is 17.5 Å². The average Bonchev–Trinajstić information content (AvgIpc) is 2.67. The Kier molecular flexibility index (Phi) is 5.26. The first-order valence-electron chi connectivity index (χ1n) is 8.42. The summed E-state index contributed by atoms with van der Waals surface area (Å²) in [5.41, 5.74) is 4.42. The van der Waals surface area contributed by atoms with Gasteiger partial charge in [-0.1, -0.05) is 6.92 Å². The average molecular weight is 350 g/mol. The van der Waals surface area contributed by atoms with E-state index in [0.717, 1.165) is 46.3 Å². The molecule has 3 aromatic rings. The molecule has 0 atom stereocenters. The van der Waals surface area contributed by atoms with E-state index in [-0.39, 0.29) is 0 Å².